The zero-order chi connectivity index (χ0) is 18.2. The zero-order valence-electron chi connectivity index (χ0n) is 15.3. The van der Waals surface area contributed by atoms with Gasteiger partial charge in [0.05, 0.1) is 19.8 Å². The van der Waals surface area contributed by atoms with Crippen LogP contribution in [-0.4, -0.2) is 31.4 Å². The first kappa shape index (κ1) is 18.1. The van der Waals surface area contributed by atoms with Gasteiger partial charge in [-0.1, -0.05) is 5.16 Å². The number of nitrogens with one attached hydrogen (secondary N) is 2. The van der Waals surface area contributed by atoms with Crippen molar-refractivity contribution in [3.63, 3.8) is 0 Å². The molecule has 1 saturated carbocycles. The Balaban J connectivity index is 1.61. The molecule has 2 N–H and O–H groups in total. The first-order valence-electron chi connectivity index (χ1n) is 8.96. The molecular formula is C19H26N4O3. The largest absolute Gasteiger partial charge is 0.497 e. The number of guanidine groups is 1. The molecule has 0 bridgehead atoms. The molecule has 1 aromatic carbocycles. The van der Waals surface area contributed by atoms with Gasteiger partial charge in [0.1, 0.15) is 23.5 Å². The summed E-state index contributed by atoms with van der Waals surface area (Å²) >= 11 is 0. The molecule has 1 aliphatic rings. The number of hydrogen-bond acceptors (Lipinski definition) is 5. The predicted molar refractivity (Wildman–Crippen MR) is 99.4 cm³/mol. The van der Waals surface area contributed by atoms with Gasteiger partial charge in [0.15, 0.2) is 5.96 Å². The molecule has 0 aliphatic heterocycles. The number of aliphatic imine (C=N–C) groups is 1. The van der Waals surface area contributed by atoms with Gasteiger partial charge < -0.3 is 24.6 Å². The van der Waals surface area contributed by atoms with Gasteiger partial charge in [0.2, 0.25) is 0 Å². The quantitative estimate of drug-likeness (QED) is 0.585. The first-order chi connectivity index (χ1) is 12.8. The molecule has 26 heavy (non-hydrogen) atoms. The van der Waals surface area contributed by atoms with Crippen LogP contribution in [0, 0.1) is 0 Å². The van der Waals surface area contributed by atoms with Crippen LogP contribution < -0.4 is 20.1 Å². The second-order valence-electron chi connectivity index (χ2n) is 6.27. The van der Waals surface area contributed by atoms with Gasteiger partial charge in [-0.2, -0.15) is 0 Å². The number of benzene rings is 1. The Hall–Kier alpha value is -2.70. The summed E-state index contributed by atoms with van der Waals surface area (Å²) in [5.41, 5.74) is 1.89. The van der Waals surface area contributed by atoms with Crippen molar-refractivity contribution in [2.45, 2.75) is 44.9 Å². The third kappa shape index (κ3) is 4.91. The van der Waals surface area contributed by atoms with Crippen LogP contribution in [0.25, 0.3) is 0 Å². The third-order valence-corrected chi connectivity index (χ3v) is 4.47. The monoisotopic (exact) mass is 358 g/mol. The van der Waals surface area contributed by atoms with Crippen molar-refractivity contribution in [1.29, 1.82) is 0 Å². The van der Waals surface area contributed by atoms with Crippen LogP contribution in [0.15, 0.2) is 40.0 Å². The number of aromatic nitrogens is 1. The van der Waals surface area contributed by atoms with Crippen LogP contribution in [0.5, 0.6) is 11.5 Å². The molecule has 0 atom stereocenters. The van der Waals surface area contributed by atoms with Gasteiger partial charge in [-0.25, -0.2) is 0 Å². The van der Waals surface area contributed by atoms with Crippen molar-refractivity contribution < 1.29 is 14.0 Å². The van der Waals surface area contributed by atoms with Crippen LogP contribution in [-0.2, 0) is 13.1 Å². The fourth-order valence-corrected chi connectivity index (χ4v) is 3.01. The van der Waals surface area contributed by atoms with E-state index in [-0.39, 0.29) is 0 Å². The van der Waals surface area contributed by atoms with E-state index in [0.717, 1.165) is 35.6 Å². The lowest BCUT2D eigenvalue weighted by atomic mass is 10.2. The molecule has 3 rings (SSSR count). The summed E-state index contributed by atoms with van der Waals surface area (Å²) in [6.45, 7) is 1.15. The van der Waals surface area contributed by atoms with Gasteiger partial charge in [0.25, 0.3) is 0 Å². The molecule has 1 fully saturated rings. The van der Waals surface area contributed by atoms with E-state index < -0.39 is 0 Å². The molecule has 1 aromatic heterocycles. The summed E-state index contributed by atoms with van der Waals surface area (Å²) in [5, 5.41) is 10.4. The molecule has 0 spiro atoms. The molecule has 1 heterocycles. The normalized spacial score (nSPS) is 15.1. The van der Waals surface area contributed by atoms with Gasteiger partial charge >= 0.3 is 0 Å². The average Bonchev–Trinajstić information content (AvgIpc) is 3.36. The fraction of sp³-hybridized carbons (Fsp3) is 0.474. The Morgan fingerprint density at radius 2 is 2.04 bits per heavy atom. The highest BCUT2D eigenvalue weighted by Gasteiger charge is 2.18. The number of methoxy groups -OCH3 is 1. The summed E-state index contributed by atoms with van der Waals surface area (Å²) in [5.74, 6) is 2.36. The van der Waals surface area contributed by atoms with Gasteiger partial charge in [-0.15, -0.1) is 0 Å². The maximum atomic E-state index is 6.23. The van der Waals surface area contributed by atoms with Crippen LogP contribution in [0.3, 0.4) is 0 Å². The molecule has 7 heteroatoms. The number of hydrogen-bond donors (Lipinski definition) is 2. The van der Waals surface area contributed by atoms with E-state index in [9.17, 15) is 0 Å². The van der Waals surface area contributed by atoms with Crippen molar-refractivity contribution in [3.05, 3.63) is 41.8 Å². The van der Waals surface area contributed by atoms with Crippen molar-refractivity contribution in [2.24, 2.45) is 4.99 Å². The molecule has 0 amide bonds. The Morgan fingerprint density at radius 1 is 1.23 bits per heavy atom. The predicted octanol–water partition coefficient (Wildman–Crippen LogP) is 2.87. The van der Waals surface area contributed by atoms with E-state index in [1.165, 1.54) is 12.8 Å². The van der Waals surface area contributed by atoms with Crippen molar-refractivity contribution in [2.75, 3.05) is 14.2 Å². The van der Waals surface area contributed by atoms with Crippen LogP contribution in [0.1, 0.15) is 36.9 Å². The van der Waals surface area contributed by atoms with Gasteiger partial charge in [-0.05, 0) is 37.8 Å². The molecule has 7 nitrogen and oxygen atoms in total. The van der Waals surface area contributed by atoms with E-state index in [1.54, 1.807) is 20.4 Å². The summed E-state index contributed by atoms with van der Waals surface area (Å²) in [4.78, 5) is 4.24. The number of rotatable bonds is 7. The van der Waals surface area contributed by atoms with Crippen molar-refractivity contribution >= 4 is 5.96 Å². The molecular weight excluding hydrogens is 332 g/mol. The molecule has 1 aliphatic carbocycles. The first-order valence-corrected chi connectivity index (χ1v) is 8.96. The lowest BCUT2D eigenvalue weighted by molar-refractivity contribution is 0.207. The second-order valence-corrected chi connectivity index (χ2v) is 6.27. The lowest BCUT2D eigenvalue weighted by Gasteiger charge is -2.18. The minimum absolute atomic E-state index is 0.297. The van der Waals surface area contributed by atoms with E-state index >= 15 is 0 Å². The fourth-order valence-electron chi connectivity index (χ4n) is 3.01. The molecule has 0 radical (unpaired) electrons. The summed E-state index contributed by atoms with van der Waals surface area (Å²) in [6.07, 6.45) is 6.56. The standard InChI is InChI=1S/C19H26N4O3/c1-20-19(22-13-15-9-10-25-23-15)21-12-14-7-8-17(24-2)11-18(14)26-16-5-3-4-6-16/h7-11,16H,3-6,12-13H2,1-2H3,(H2,20,21,22). The van der Waals surface area contributed by atoms with E-state index in [1.807, 2.05) is 24.3 Å². The molecule has 140 valence electrons. The van der Waals surface area contributed by atoms with E-state index in [4.69, 9.17) is 14.0 Å². The lowest BCUT2D eigenvalue weighted by Crippen LogP contribution is -2.36. The maximum Gasteiger partial charge on any atom is 0.191 e. The molecule has 0 unspecified atom stereocenters. The van der Waals surface area contributed by atoms with Crippen LogP contribution in [0.4, 0.5) is 0 Å². The number of nitrogens with zero attached hydrogens (tertiary/aromatic N) is 2. The SMILES string of the molecule is CN=C(NCc1ccon1)NCc1ccc(OC)cc1OC1CCCC1. The number of ether oxygens (including phenoxy) is 2. The smallest absolute Gasteiger partial charge is 0.191 e. The maximum absolute atomic E-state index is 6.23. The summed E-state index contributed by atoms with van der Waals surface area (Å²) in [7, 11) is 3.41. The minimum Gasteiger partial charge on any atom is -0.497 e. The summed E-state index contributed by atoms with van der Waals surface area (Å²) in [6, 6.07) is 7.75. The Labute approximate surface area is 153 Å². The molecule has 0 saturated heterocycles. The summed E-state index contributed by atoms with van der Waals surface area (Å²) < 4.78 is 16.4. The third-order valence-electron chi connectivity index (χ3n) is 4.47. The van der Waals surface area contributed by atoms with E-state index in [0.29, 0.717) is 25.2 Å². The molecule has 2 aromatic rings. The second kappa shape index (κ2) is 9.12. The van der Waals surface area contributed by atoms with Gasteiger partial charge in [-0.3, -0.25) is 4.99 Å². The highest BCUT2D eigenvalue weighted by molar-refractivity contribution is 5.79. The van der Waals surface area contributed by atoms with Crippen LogP contribution >= 0.6 is 0 Å². The topological polar surface area (TPSA) is 80.9 Å². The average molecular weight is 358 g/mol. The Morgan fingerprint density at radius 3 is 2.73 bits per heavy atom. The van der Waals surface area contributed by atoms with Crippen molar-refractivity contribution in [1.82, 2.24) is 15.8 Å². The van der Waals surface area contributed by atoms with Gasteiger partial charge in [0, 0.05) is 31.3 Å². The minimum atomic E-state index is 0.297. The van der Waals surface area contributed by atoms with Crippen molar-refractivity contribution in [3.8, 4) is 11.5 Å². The Bertz CT molecular complexity index is 710. The Kier molecular flexibility index (Phi) is 6.35. The van der Waals surface area contributed by atoms with Crippen LogP contribution in [0.2, 0.25) is 0 Å². The van der Waals surface area contributed by atoms with E-state index in [2.05, 4.69) is 20.8 Å². The highest BCUT2D eigenvalue weighted by Crippen LogP contribution is 2.29. The highest BCUT2D eigenvalue weighted by atomic mass is 16.5. The zero-order valence-corrected chi connectivity index (χ0v) is 15.3.